The molecule has 1 nitrogen and oxygen atoms in total. The van der Waals surface area contributed by atoms with Crippen LogP contribution in [0.2, 0.25) is 0 Å². The van der Waals surface area contributed by atoms with E-state index in [-0.39, 0.29) is 0 Å². The molecule has 2 saturated carbocycles. The SMILES string of the molecule is C[C@@]12CCC[C@@H]1N[C@H]1CCC[C@H]12. The fourth-order valence-corrected chi connectivity index (χ4v) is 4.12. The Morgan fingerprint density at radius 3 is 3.00 bits per heavy atom. The minimum atomic E-state index is 0.696. The molecule has 68 valence electrons. The topological polar surface area (TPSA) is 12.0 Å². The third kappa shape index (κ3) is 0.736. The quantitative estimate of drug-likeness (QED) is 0.581. The van der Waals surface area contributed by atoms with E-state index < -0.39 is 0 Å². The summed E-state index contributed by atoms with van der Waals surface area (Å²) in [4.78, 5) is 0. The van der Waals surface area contributed by atoms with Gasteiger partial charge in [0.1, 0.15) is 0 Å². The zero-order chi connectivity index (χ0) is 8.18. The van der Waals surface area contributed by atoms with E-state index in [1.165, 1.54) is 38.5 Å². The molecule has 3 rings (SSSR count). The molecule has 0 spiro atoms. The lowest BCUT2D eigenvalue weighted by Gasteiger charge is -2.29. The van der Waals surface area contributed by atoms with Crippen molar-refractivity contribution in [1.29, 1.82) is 0 Å². The molecule has 0 aromatic heterocycles. The summed E-state index contributed by atoms with van der Waals surface area (Å²) < 4.78 is 0. The maximum Gasteiger partial charge on any atom is 0.0127 e. The van der Waals surface area contributed by atoms with Crippen molar-refractivity contribution in [1.82, 2.24) is 5.32 Å². The molecular formula is C11H19N. The molecule has 3 aliphatic rings. The van der Waals surface area contributed by atoms with Crippen molar-refractivity contribution in [2.24, 2.45) is 11.3 Å². The van der Waals surface area contributed by atoms with Gasteiger partial charge in [-0.15, -0.1) is 0 Å². The van der Waals surface area contributed by atoms with Crippen LogP contribution >= 0.6 is 0 Å². The third-order valence-electron chi connectivity index (χ3n) is 4.78. The molecule has 1 N–H and O–H groups in total. The Bertz CT molecular complexity index is 201. The van der Waals surface area contributed by atoms with Gasteiger partial charge in [-0.25, -0.2) is 0 Å². The molecule has 0 aromatic carbocycles. The Morgan fingerprint density at radius 2 is 2.08 bits per heavy atom. The maximum atomic E-state index is 3.86. The standard InChI is InChI=1S/C11H19N/c1-11-7-3-6-10(11)12-9-5-2-4-8(9)11/h8-10,12H,2-7H2,1H3/t8-,9+,10+,11+/m1/s1. The van der Waals surface area contributed by atoms with E-state index in [4.69, 9.17) is 0 Å². The van der Waals surface area contributed by atoms with Crippen LogP contribution in [0.1, 0.15) is 45.4 Å². The molecule has 1 aliphatic heterocycles. The summed E-state index contributed by atoms with van der Waals surface area (Å²) in [6, 6.07) is 1.79. The minimum Gasteiger partial charge on any atom is -0.310 e. The molecule has 0 amide bonds. The number of hydrogen-bond donors (Lipinski definition) is 1. The van der Waals surface area contributed by atoms with Crippen molar-refractivity contribution < 1.29 is 0 Å². The fraction of sp³-hybridized carbons (Fsp3) is 1.00. The zero-order valence-corrected chi connectivity index (χ0v) is 7.97. The second-order valence-corrected chi connectivity index (χ2v) is 5.26. The Kier molecular flexibility index (Phi) is 1.39. The lowest BCUT2D eigenvalue weighted by molar-refractivity contribution is 0.224. The molecule has 0 radical (unpaired) electrons. The van der Waals surface area contributed by atoms with Crippen molar-refractivity contribution >= 4 is 0 Å². The van der Waals surface area contributed by atoms with Gasteiger partial charge in [-0.05, 0) is 37.0 Å². The van der Waals surface area contributed by atoms with Crippen LogP contribution in [0.15, 0.2) is 0 Å². The Balaban J connectivity index is 1.93. The highest BCUT2D eigenvalue weighted by Gasteiger charge is 2.54. The molecule has 3 fully saturated rings. The first kappa shape index (κ1) is 7.37. The van der Waals surface area contributed by atoms with Gasteiger partial charge >= 0.3 is 0 Å². The molecule has 2 aliphatic carbocycles. The summed E-state index contributed by atoms with van der Waals surface area (Å²) in [5.74, 6) is 1.03. The molecule has 1 heterocycles. The van der Waals surface area contributed by atoms with E-state index in [2.05, 4.69) is 12.2 Å². The summed E-state index contributed by atoms with van der Waals surface area (Å²) in [6.45, 7) is 2.54. The predicted octanol–water partition coefficient (Wildman–Crippen LogP) is 2.32. The largest absolute Gasteiger partial charge is 0.310 e. The first-order valence-electron chi connectivity index (χ1n) is 5.57. The van der Waals surface area contributed by atoms with E-state index in [9.17, 15) is 0 Å². The first-order chi connectivity index (χ1) is 5.81. The van der Waals surface area contributed by atoms with Crippen LogP contribution in [0.4, 0.5) is 0 Å². The number of nitrogens with one attached hydrogen (secondary N) is 1. The number of rotatable bonds is 0. The van der Waals surface area contributed by atoms with Gasteiger partial charge in [-0.2, -0.15) is 0 Å². The van der Waals surface area contributed by atoms with E-state index in [1.54, 1.807) is 0 Å². The monoisotopic (exact) mass is 165 g/mol. The van der Waals surface area contributed by atoms with Crippen molar-refractivity contribution in [3.05, 3.63) is 0 Å². The van der Waals surface area contributed by atoms with Gasteiger partial charge in [0.2, 0.25) is 0 Å². The van der Waals surface area contributed by atoms with Crippen LogP contribution in [0.3, 0.4) is 0 Å². The van der Waals surface area contributed by atoms with Crippen molar-refractivity contribution in [2.75, 3.05) is 0 Å². The van der Waals surface area contributed by atoms with Gasteiger partial charge in [0.15, 0.2) is 0 Å². The van der Waals surface area contributed by atoms with E-state index in [0.29, 0.717) is 5.41 Å². The van der Waals surface area contributed by atoms with Crippen molar-refractivity contribution in [2.45, 2.75) is 57.5 Å². The van der Waals surface area contributed by atoms with Gasteiger partial charge in [-0.1, -0.05) is 19.8 Å². The van der Waals surface area contributed by atoms with Crippen LogP contribution in [-0.2, 0) is 0 Å². The first-order valence-corrected chi connectivity index (χ1v) is 5.57. The van der Waals surface area contributed by atoms with Gasteiger partial charge in [0.25, 0.3) is 0 Å². The van der Waals surface area contributed by atoms with Gasteiger partial charge < -0.3 is 5.32 Å². The summed E-state index contributed by atoms with van der Waals surface area (Å²) in [6.07, 6.45) is 8.85. The van der Waals surface area contributed by atoms with Crippen LogP contribution in [0.5, 0.6) is 0 Å². The summed E-state index contributed by atoms with van der Waals surface area (Å²) in [7, 11) is 0. The Morgan fingerprint density at radius 1 is 1.17 bits per heavy atom. The van der Waals surface area contributed by atoms with E-state index >= 15 is 0 Å². The summed E-state index contributed by atoms with van der Waals surface area (Å²) in [5, 5.41) is 3.86. The second-order valence-electron chi connectivity index (χ2n) is 5.26. The van der Waals surface area contributed by atoms with E-state index in [1.807, 2.05) is 0 Å². The number of hydrogen-bond acceptors (Lipinski definition) is 1. The normalized spacial score (nSPS) is 57.2. The molecule has 4 atom stereocenters. The molecular weight excluding hydrogens is 146 g/mol. The van der Waals surface area contributed by atoms with Gasteiger partial charge in [-0.3, -0.25) is 0 Å². The zero-order valence-electron chi connectivity index (χ0n) is 7.97. The lowest BCUT2D eigenvalue weighted by Crippen LogP contribution is -2.32. The second kappa shape index (κ2) is 2.25. The molecule has 0 unspecified atom stereocenters. The fourth-order valence-electron chi connectivity index (χ4n) is 4.12. The lowest BCUT2D eigenvalue weighted by atomic mass is 9.75. The smallest absolute Gasteiger partial charge is 0.0127 e. The average Bonchev–Trinajstić information content (AvgIpc) is 2.62. The molecule has 12 heavy (non-hydrogen) atoms. The molecule has 1 heteroatoms. The predicted molar refractivity (Wildman–Crippen MR) is 50.0 cm³/mol. The highest BCUT2D eigenvalue weighted by molar-refractivity contribution is 5.09. The van der Waals surface area contributed by atoms with Crippen LogP contribution in [-0.4, -0.2) is 12.1 Å². The van der Waals surface area contributed by atoms with Gasteiger partial charge in [0.05, 0.1) is 0 Å². The van der Waals surface area contributed by atoms with Crippen molar-refractivity contribution in [3.63, 3.8) is 0 Å². The third-order valence-corrected chi connectivity index (χ3v) is 4.78. The van der Waals surface area contributed by atoms with Gasteiger partial charge in [0, 0.05) is 12.1 Å². The number of fused-ring (bicyclic) bond motifs is 3. The highest BCUT2D eigenvalue weighted by atomic mass is 15.1. The molecule has 0 aromatic rings. The molecule has 1 saturated heterocycles. The van der Waals surface area contributed by atoms with Crippen LogP contribution < -0.4 is 5.32 Å². The highest BCUT2D eigenvalue weighted by Crippen LogP contribution is 2.54. The molecule has 0 bridgehead atoms. The maximum absolute atomic E-state index is 3.86. The van der Waals surface area contributed by atoms with Crippen LogP contribution in [0.25, 0.3) is 0 Å². The van der Waals surface area contributed by atoms with E-state index in [0.717, 1.165) is 18.0 Å². The summed E-state index contributed by atoms with van der Waals surface area (Å²) in [5.41, 5.74) is 0.696. The summed E-state index contributed by atoms with van der Waals surface area (Å²) >= 11 is 0. The van der Waals surface area contributed by atoms with Crippen molar-refractivity contribution in [3.8, 4) is 0 Å². The Hall–Kier alpha value is -0.0400. The Labute approximate surface area is 74.9 Å². The van der Waals surface area contributed by atoms with Crippen LogP contribution in [0, 0.1) is 11.3 Å². The average molecular weight is 165 g/mol. The minimum absolute atomic E-state index is 0.696.